The molecule has 0 saturated carbocycles. The minimum atomic E-state index is -1.37. The third-order valence-electron chi connectivity index (χ3n) is 3.40. The first kappa shape index (κ1) is 20.1. The van der Waals surface area contributed by atoms with Gasteiger partial charge in [-0.3, -0.25) is 9.59 Å². The van der Waals surface area contributed by atoms with Gasteiger partial charge in [-0.2, -0.15) is 0 Å². The van der Waals surface area contributed by atoms with Crippen molar-refractivity contribution in [2.24, 2.45) is 5.16 Å². The summed E-state index contributed by atoms with van der Waals surface area (Å²) < 4.78 is 5.28. The second-order valence-electron chi connectivity index (χ2n) is 5.38. The molecule has 140 valence electrons. The van der Waals surface area contributed by atoms with E-state index >= 15 is 0 Å². The third kappa shape index (κ3) is 5.95. The molecule has 1 aromatic rings. The molecule has 26 heavy (non-hydrogen) atoms. The summed E-state index contributed by atoms with van der Waals surface area (Å²) >= 11 is 1.28. The van der Waals surface area contributed by atoms with Crippen molar-refractivity contribution in [3.05, 3.63) is 34.5 Å². The van der Waals surface area contributed by atoms with E-state index < -0.39 is 31.0 Å². The number of carbonyl (C=O) groups excluding carboxylic acids is 1. The highest BCUT2D eigenvalue weighted by Gasteiger charge is 2.33. The zero-order valence-electron chi connectivity index (χ0n) is 13.8. The fourth-order valence-electron chi connectivity index (χ4n) is 2.23. The number of hydrogen-bond donors (Lipinski definition) is 4. The zero-order chi connectivity index (χ0) is 18.9. The molecule has 2 rings (SSSR count). The molecule has 0 saturated heterocycles. The molecule has 9 nitrogen and oxygen atoms in total. The van der Waals surface area contributed by atoms with Crippen LogP contribution in [0.2, 0.25) is 0 Å². The summed E-state index contributed by atoms with van der Waals surface area (Å²) in [5.74, 6) is -2.41. The average molecular weight is 382 g/mol. The molecular formula is C15H19BN2O7S. The summed E-state index contributed by atoms with van der Waals surface area (Å²) in [5, 5.41) is 35.9. The lowest BCUT2D eigenvalue weighted by atomic mass is 9.77. The number of carbonyl (C=O) groups is 2. The quantitative estimate of drug-likeness (QED) is 0.160. The van der Waals surface area contributed by atoms with Crippen LogP contribution in [0.3, 0.4) is 0 Å². The topological polar surface area (TPSA) is 138 Å². The van der Waals surface area contributed by atoms with Gasteiger partial charge in [0.15, 0.2) is 5.71 Å². The number of carboxylic acid groups (broad SMARTS) is 1. The van der Waals surface area contributed by atoms with Crippen LogP contribution in [0.15, 0.2) is 34.8 Å². The van der Waals surface area contributed by atoms with Crippen LogP contribution in [-0.2, 0) is 19.1 Å². The van der Waals surface area contributed by atoms with Crippen molar-refractivity contribution in [1.82, 2.24) is 5.32 Å². The number of nitrogens with zero attached hydrogens (tertiary/aromatic N) is 1. The van der Waals surface area contributed by atoms with Crippen molar-refractivity contribution in [2.45, 2.75) is 24.9 Å². The van der Waals surface area contributed by atoms with Crippen LogP contribution >= 0.6 is 11.3 Å². The van der Waals surface area contributed by atoms with E-state index in [0.717, 1.165) is 0 Å². The Morgan fingerprint density at radius 2 is 2.31 bits per heavy atom. The van der Waals surface area contributed by atoms with Gasteiger partial charge < -0.3 is 30.0 Å². The van der Waals surface area contributed by atoms with Gasteiger partial charge in [-0.1, -0.05) is 23.4 Å². The van der Waals surface area contributed by atoms with E-state index in [1.807, 2.05) is 0 Å². The standard InChI is InChI=1S/C15H19BN2O7S/c19-6-7-24-18-14(11-4-2-8-26-11)15(22)17-12-5-1-3-10(9-13(20)21)25-16(12)23/h1-4,8,10,12,19,23H,5-7,9H2,(H,17,22)(H,20,21). The minimum Gasteiger partial charge on any atom is -0.481 e. The lowest BCUT2D eigenvalue weighted by Crippen LogP contribution is -2.50. The zero-order valence-corrected chi connectivity index (χ0v) is 14.6. The van der Waals surface area contributed by atoms with Crippen molar-refractivity contribution in [1.29, 1.82) is 0 Å². The first-order valence-electron chi connectivity index (χ1n) is 7.88. The molecule has 0 aliphatic carbocycles. The van der Waals surface area contributed by atoms with Crippen LogP contribution in [0.4, 0.5) is 0 Å². The molecule has 0 spiro atoms. The molecule has 0 aromatic carbocycles. The molecule has 1 aliphatic rings. The molecule has 1 amide bonds. The van der Waals surface area contributed by atoms with Gasteiger partial charge in [0, 0.05) is 0 Å². The second kappa shape index (κ2) is 10.1. The maximum Gasteiger partial charge on any atom is 0.478 e. The van der Waals surface area contributed by atoms with E-state index in [4.69, 9.17) is 19.7 Å². The lowest BCUT2D eigenvalue weighted by Gasteiger charge is -2.20. The number of amides is 1. The molecule has 0 bridgehead atoms. The molecule has 2 heterocycles. The molecule has 0 fully saturated rings. The number of aliphatic hydroxyl groups excluding tert-OH is 1. The van der Waals surface area contributed by atoms with Crippen LogP contribution in [0.25, 0.3) is 0 Å². The van der Waals surface area contributed by atoms with E-state index in [2.05, 4.69) is 10.5 Å². The van der Waals surface area contributed by atoms with E-state index in [-0.39, 0.29) is 31.8 Å². The van der Waals surface area contributed by atoms with Crippen LogP contribution in [0.5, 0.6) is 0 Å². The van der Waals surface area contributed by atoms with E-state index in [1.165, 1.54) is 11.3 Å². The predicted octanol–water partition coefficient (Wildman–Crippen LogP) is -0.215. The smallest absolute Gasteiger partial charge is 0.478 e. The van der Waals surface area contributed by atoms with Crippen molar-refractivity contribution in [3.63, 3.8) is 0 Å². The van der Waals surface area contributed by atoms with Gasteiger partial charge in [-0.05, 0) is 17.9 Å². The maximum absolute atomic E-state index is 12.6. The highest BCUT2D eigenvalue weighted by molar-refractivity contribution is 7.13. The van der Waals surface area contributed by atoms with Crippen molar-refractivity contribution >= 4 is 36.0 Å². The molecule has 0 radical (unpaired) electrons. The minimum absolute atomic E-state index is 0.0102. The van der Waals surface area contributed by atoms with Crippen molar-refractivity contribution in [3.8, 4) is 0 Å². The molecular weight excluding hydrogens is 363 g/mol. The summed E-state index contributed by atoms with van der Waals surface area (Å²) in [6.07, 6.45) is 2.40. The Kier molecular flexibility index (Phi) is 7.79. The van der Waals surface area contributed by atoms with Crippen LogP contribution < -0.4 is 5.32 Å². The number of aliphatic hydroxyl groups is 1. The van der Waals surface area contributed by atoms with Gasteiger partial charge in [-0.15, -0.1) is 11.3 Å². The number of rotatable bonds is 8. The normalized spacial score (nSPS) is 20.5. The molecule has 1 aromatic heterocycles. The molecule has 2 atom stereocenters. The fourth-order valence-corrected chi connectivity index (χ4v) is 2.93. The highest BCUT2D eigenvalue weighted by atomic mass is 32.1. The largest absolute Gasteiger partial charge is 0.481 e. The first-order valence-corrected chi connectivity index (χ1v) is 8.76. The summed E-state index contributed by atoms with van der Waals surface area (Å²) in [6, 6.07) is 3.44. The summed E-state index contributed by atoms with van der Waals surface area (Å²) in [5.41, 5.74) is 0.0102. The summed E-state index contributed by atoms with van der Waals surface area (Å²) in [4.78, 5) is 28.8. The summed E-state index contributed by atoms with van der Waals surface area (Å²) in [6.45, 7) is -0.301. The van der Waals surface area contributed by atoms with Crippen molar-refractivity contribution in [2.75, 3.05) is 13.2 Å². The Labute approximate surface area is 154 Å². The van der Waals surface area contributed by atoms with Crippen LogP contribution in [-0.4, -0.2) is 65.2 Å². The number of carboxylic acids is 1. The Morgan fingerprint density at radius 3 is 2.96 bits per heavy atom. The second-order valence-corrected chi connectivity index (χ2v) is 6.33. The SMILES string of the molecule is O=C(O)CC1C=CCC(NC(=O)C(=NOCCO)c2cccs2)B(O)O1. The Balaban J connectivity index is 2.05. The lowest BCUT2D eigenvalue weighted by molar-refractivity contribution is -0.138. The Morgan fingerprint density at radius 1 is 1.50 bits per heavy atom. The third-order valence-corrected chi connectivity index (χ3v) is 4.28. The number of aliphatic carboxylic acids is 1. The van der Waals surface area contributed by atoms with Crippen LogP contribution in [0.1, 0.15) is 17.7 Å². The number of hydrogen-bond acceptors (Lipinski definition) is 8. The first-order chi connectivity index (χ1) is 12.5. The molecule has 1 aliphatic heterocycles. The maximum atomic E-state index is 12.6. The van der Waals surface area contributed by atoms with Gasteiger partial charge in [0.2, 0.25) is 0 Å². The fraction of sp³-hybridized carbons (Fsp3) is 0.400. The highest BCUT2D eigenvalue weighted by Crippen LogP contribution is 2.14. The van der Waals surface area contributed by atoms with Gasteiger partial charge in [0.25, 0.3) is 5.91 Å². The predicted molar refractivity (Wildman–Crippen MR) is 94.7 cm³/mol. The van der Waals surface area contributed by atoms with Gasteiger partial charge in [0.05, 0.1) is 30.0 Å². The Hall–Kier alpha value is -2.21. The van der Waals surface area contributed by atoms with E-state index in [0.29, 0.717) is 4.88 Å². The van der Waals surface area contributed by atoms with Crippen LogP contribution in [0, 0.1) is 0 Å². The Bertz CT molecular complexity index is 665. The van der Waals surface area contributed by atoms with Gasteiger partial charge in [-0.25, -0.2) is 0 Å². The number of nitrogens with one attached hydrogen (secondary N) is 1. The van der Waals surface area contributed by atoms with E-state index in [1.54, 1.807) is 29.7 Å². The number of oxime groups is 1. The molecule has 11 heteroatoms. The van der Waals surface area contributed by atoms with Gasteiger partial charge in [0.1, 0.15) is 6.61 Å². The molecule has 4 N–H and O–H groups in total. The average Bonchev–Trinajstić information content (AvgIpc) is 3.05. The van der Waals surface area contributed by atoms with E-state index in [9.17, 15) is 14.6 Å². The molecule has 2 unspecified atom stereocenters. The van der Waals surface area contributed by atoms with Gasteiger partial charge >= 0.3 is 13.1 Å². The summed E-state index contributed by atoms with van der Waals surface area (Å²) in [7, 11) is -1.37. The number of thiophene rings is 1. The van der Waals surface area contributed by atoms with Crippen molar-refractivity contribution < 1.29 is 34.3 Å². The monoisotopic (exact) mass is 382 g/mol.